The van der Waals surface area contributed by atoms with Crippen molar-refractivity contribution in [3.63, 3.8) is 0 Å². The summed E-state index contributed by atoms with van der Waals surface area (Å²) in [7, 11) is 0. The fraction of sp³-hybridized carbons (Fsp3) is 0.400. The smallest absolute Gasteiger partial charge is 0.230 e. The number of carbonyl (C=O) groups is 1. The topological polar surface area (TPSA) is 59.8 Å². The Morgan fingerprint density at radius 3 is 2.59 bits per heavy atom. The predicted molar refractivity (Wildman–Crippen MR) is 124 cm³/mol. The van der Waals surface area contributed by atoms with E-state index in [0.29, 0.717) is 16.9 Å². The molecule has 1 amide bonds. The van der Waals surface area contributed by atoms with Crippen LogP contribution in [0.3, 0.4) is 0 Å². The van der Waals surface area contributed by atoms with Crippen LogP contribution in [0.25, 0.3) is 17.1 Å². The molecular weight excluding hydrogens is 423 g/mol. The van der Waals surface area contributed by atoms with E-state index in [4.69, 9.17) is 0 Å². The average Bonchev–Trinajstić information content (AvgIpc) is 3.55. The van der Waals surface area contributed by atoms with E-state index < -0.39 is 0 Å². The van der Waals surface area contributed by atoms with Crippen LogP contribution in [0.4, 0.5) is 4.39 Å². The first-order valence-electron chi connectivity index (χ1n) is 11.3. The zero-order valence-electron chi connectivity index (χ0n) is 18.1. The number of hydrogen-bond donors (Lipinski definition) is 1. The molecule has 0 saturated heterocycles. The van der Waals surface area contributed by atoms with Gasteiger partial charge in [-0.3, -0.25) is 9.36 Å². The summed E-state index contributed by atoms with van der Waals surface area (Å²) in [5, 5.41) is 12.6. The van der Waals surface area contributed by atoms with Gasteiger partial charge >= 0.3 is 0 Å². The standard InChI is InChI=1S/C25H27FN4OS/c1-16(22-14-17-7-8-19(22)13-17)27-23(31)15-32-25-29-28-24(18-5-3-2-4-6-18)30(25)21-11-9-20(26)10-12-21/h2-6,9-12,16-17,19,22H,7-8,13-15H2,1H3,(H,27,31). The fourth-order valence-electron chi connectivity index (χ4n) is 5.40. The lowest BCUT2D eigenvalue weighted by atomic mass is 9.84. The Kier molecular flexibility index (Phi) is 6.00. The lowest BCUT2D eigenvalue weighted by Gasteiger charge is -2.28. The number of carbonyl (C=O) groups excluding carboxylic acids is 1. The quantitative estimate of drug-likeness (QED) is 0.509. The van der Waals surface area contributed by atoms with Gasteiger partial charge in [0.05, 0.1) is 5.75 Å². The van der Waals surface area contributed by atoms with Gasteiger partial charge in [0.2, 0.25) is 5.91 Å². The largest absolute Gasteiger partial charge is 0.353 e. The van der Waals surface area contributed by atoms with E-state index in [1.807, 2.05) is 34.9 Å². The molecule has 4 atom stereocenters. The van der Waals surface area contributed by atoms with Crippen molar-refractivity contribution in [1.82, 2.24) is 20.1 Å². The molecule has 7 heteroatoms. The highest BCUT2D eigenvalue weighted by Crippen LogP contribution is 2.49. The Morgan fingerprint density at radius 1 is 1.12 bits per heavy atom. The number of fused-ring (bicyclic) bond motifs is 2. The van der Waals surface area contributed by atoms with E-state index in [1.54, 1.807) is 12.1 Å². The third-order valence-corrected chi connectivity index (χ3v) is 7.84. The van der Waals surface area contributed by atoms with Crippen molar-refractivity contribution in [2.24, 2.45) is 17.8 Å². The molecule has 2 saturated carbocycles. The molecule has 2 bridgehead atoms. The summed E-state index contributed by atoms with van der Waals surface area (Å²) in [6, 6.07) is 16.2. The minimum Gasteiger partial charge on any atom is -0.353 e. The first kappa shape index (κ1) is 21.2. The summed E-state index contributed by atoms with van der Waals surface area (Å²) < 4.78 is 15.4. The monoisotopic (exact) mass is 450 g/mol. The molecule has 2 aliphatic rings. The Morgan fingerprint density at radius 2 is 1.91 bits per heavy atom. The Balaban J connectivity index is 1.31. The van der Waals surface area contributed by atoms with E-state index in [0.717, 1.165) is 23.1 Å². The third-order valence-electron chi connectivity index (χ3n) is 6.91. The average molecular weight is 451 g/mol. The molecule has 166 valence electrons. The normalized spacial score (nSPS) is 22.8. The molecule has 3 aromatic rings. The van der Waals surface area contributed by atoms with Crippen molar-refractivity contribution in [2.45, 2.75) is 43.8 Å². The van der Waals surface area contributed by atoms with Crippen LogP contribution < -0.4 is 5.32 Å². The lowest BCUT2D eigenvalue weighted by Crippen LogP contribution is -2.40. The van der Waals surface area contributed by atoms with Crippen LogP contribution in [0.2, 0.25) is 0 Å². The molecule has 32 heavy (non-hydrogen) atoms. The summed E-state index contributed by atoms with van der Waals surface area (Å²) in [5.74, 6) is 2.89. The minimum atomic E-state index is -0.300. The van der Waals surface area contributed by atoms with Gasteiger partial charge in [-0.1, -0.05) is 48.5 Å². The van der Waals surface area contributed by atoms with E-state index in [-0.39, 0.29) is 23.5 Å². The highest BCUT2D eigenvalue weighted by atomic mass is 32.2. The Labute approximate surface area is 191 Å². The number of nitrogens with zero attached hydrogens (tertiary/aromatic N) is 3. The number of hydrogen-bond acceptors (Lipinski definition) is 4. The summed E-state index contributed by atoms with van der Waals surface area (Å²) in [5.41, 5.74) is 1.67. The lowest BCUT2D eigenvalue weighted by molar-refractivity contribution is -0.119. The van der Waals surface area contributed by atoms with Gasteiger partial charge in [-0.25, -0.2) is 4.39 Å². The van der Waals surface area contributed by atoms with Crippen LogP contribution in [0.5, 0.6) is 0 Å². The number of aromatic nitrogens is 3. The van der Waals surface area contributed by atoms with Crippen molar-refractivity contribution in [3.05, 3.63) is 60.4 Å². The van der Waals surface area contributed by atoms with Crippen LogP contribution >= 0.6 is 11.8 Å². The van der Waals surface area contributed by atoms with Crippen molar-refractivity contribution in [1.29, 1.82) is 0 Å². The summed E-state index contributed by atoms with van der Waals surface area (Å²) >= 11 is 1.35. The highest BCUT2D eigenvalue weighted by molar-refractivity contribution is 7.99. The molecule has 2 aliphatic carbocycles. The van der Waals surface area contributed by atoms with E-state index in [9.17, 15) is 9.18 Å². The highest BCUT2D eigenvalue weighted by Gasteiger charge is 2.42. The molecule has 5 rings (SSSR count). The molecule has 0 spiro atoms. The van der Waals surface area contributed by atoms with Crippen LogP contribution in [-0.2, 0) is 4.79 Å². The maximum atomic E-state index is 13.5. The fourth-order valence-corrected chi connectivity index (χ4v) is 6.16. The molecule has 5 nitrogen and oxygen atoms in total. The predicted octanol–water partition coefficient (Wildman–Crippen LogP) is 5.11. The zero-order valence-corrected chi connectivity index (χ0v) is 18.9. The molecule has 0 radical (unpaired) electrons. The van der Waals surface area contributed by atoms with Gasteiger partial charge in [0, 0.05) is 17.3 Å². The summed E-state index contributed by atoms with van der Waals surface area (Å²) in [4.78, 5) is 12.7. The Hall–Kier alpha value is -2.67. The second kappa shape index (κ2) is 9.06. The molecule has 2 aromatic carbocycles. The first-order valence-corrected chi connectivity index (χ1v) is 12.3. The first-order chi connectivity index (χ1) is 15.6. The number of nitrogens with one attached hydrogen (secondary N) is 1. The maximum absolute atomic E-state index is 13.5. The number of thioether (sulfide) groups is 1. The van der Waals surface area contributed by atoms with Crippen LogP contribution in [0.15, 0.2) is 59.8 Å². The second-order valence-corrected chi connectivity index (χ2v) is 9.91. The van der Waals surface area contributed by atoms with Gasteiger partial charge in [-0.05, 0) is 68.2 Å². The van der Waals surface area contributed by atoms with Gasteiger partial charge < -0.3 is 5.32 Å². The summed E-state index contributed by atoms with van der Waals surface area (Å²) in [6.07, 6.45) is 5.26. The van der Waals surface area contributed by atoms with E-state index in [2.05, 4.69) is 22.4 Å². The number of benzene rings is 2. The zero-order chi connectivity index (χ0) is 22.1. The minimum absolute atomic E-state index is 0.0141. The molecular formula is C25H27FN4OS. The second-order valence-electron chi connectivity index (χ2n) is 8.97. The van der Waals surface area contributed by atoms with Crippen LogP contribution in [-0.4, -0.2) is 32.5 Å². The maximum Gasteiger partial charge on any atom is 0.230 e. The molecule has 2 fully saturated rings. The van der Waals surface area contributed by atoms with Gasteiger partial charge in [0.1, 0.15) is 5.82 Å². The number of rotatable bonds is 7. The van der Waals surface area contributed by atoms with Crippen molar-refractivity contribution < 1.29 is 9.18 Å². The summed E-state index contributed by atoms with van der Waals surface area (Å²) in [6.45, 7) is 2.14. The third kappa shape index (κ3) is 4.31. The van der Waals surface area contributed by atoms with Gasteiger partial charge in [0.25, 0.3) is 0 Å². The molecule has 1 heterocycles. The van der Waals surface area contributed by atoms with E-state index >= 15 is 0 Å². The van der Waals surface area contributed by atoms with Crippen molar-refractivity contribution in [2.75, 3.05) is 5.75 Å². The van der Waals surface area contributed by atoms with Crippen molar-refractivity contribution >= 4 is 17.7 Å². The van der Waals surface area contributed by atoms with Crippen molar-refractivity contribution in [3.8, 4) is 17.1 Å². The SMILES string of the molecule is CC(NC(=O)CSc1nnc(-c2ccccc2)n1-c1ccc(F)cc1)C1CC2CCC1C2. The molecule has 0 aliphatic heterocycles. The van der Waals surface area contributed by atoms with Gasteiger partial charge in [-0.2, -0.15) is 0 Å². The van der Waals surface area contributed by atoms with Crippen LogP contribution in [0.1, 0.15) is 32.6 Å². The Bertz CT molecular complexity index is 1090. The molecule has 4 unspecified atom stereocenters. The van der Waals surface area contributed by atoms with E-state index in [1.165, 1.54) is 49.6 Å². The number of halogens is 1. The van der Waals surface area contributed by atoms with Crippen LogP contribution in [0, 0.1) is 23.6 Å². The van der Waals surface area contributed by atoms with Gasteiger partial charge in [-0.15, -0.1) is 10.2 Å². The van der Waals surface area contributed by atoms with Gasteiger partial charge in [0.15, 0.2) is 11.0 Å². The molecule has 1 N–H and O–H groups in total. The molecule has 1 aromatic heterocycles. The number of amides is 1.